The number of amides is 1. The number of hydrogen-bond acceptors (Lipinski definition) is 6. The van der Waals surface area contributed by atoms with Gasteiger partial charge < -0.3 is 10.1 Å². The summed E-state index contributed by atoms with van der Waals surface area (Å²) >= 11 is 0. The number of nitrogens with zero attached hydrogens (tertiary/aromatic N) is 4. The quantitative estimate of drug-likeness (QED) is 0.412. The Morgan fingerprint density at radius 3 is 2.39 bits per heavy atom. The van der Waals surface area contributed by atoms with Crippen molar-refractivity contribution in [3.8, 4) is 11.1 Å². The number of hydrogen-bond donors (Lipinski definition) is 1. The minimum Gasteiger partial charge on any atom is -0.379 e. The van der Waals surface area contributed by atoms with Gasteiger partial charge in [0.2, 0.25) is 10.0 Å². The molecule has 0 saturated carbocycles. The fourth-order valence-electron chi connectivity index (χ4n) is 4.84. The molecule has 0 unspecified atom stereocenters. The van der Waals surface area contributed by atoms with Crippen LogP contribution >= 0.6 is 0 Å². The summed E-state index contributed by atoms with van der Waals surface area (Å²) in [5.41, 5.74) is 6.62. The molecule has 4 aromatic rings. The van der Waals surface area contributed by atoms with E-state index in [1.807, 2.05) is 58.0 Å². The van der Waals surface area contributed by atoms with Crippen molar-refractivity contribution in [3.05, 3.63) is 76.2 Å². The standard InChI is InChI=1S/C28H31N5O4S/c1-17-6-9-23(19(3)14-17)30-28(34)26-25(27-29-20(4)15-21(5)33(27)31-26)22-8-7-18(2)24(16-22)38(35,36)32-10-12-37-13-11-32/h6-9,14-16H,10-13H2,1-5H3,(H,30,34). The molecule has 0 radical (unpaired) electrons. The number of benzene rings is 2. The second-order valence-corrected chi connectivity index (χ2v) is 11.7. The highest BCUT2D eigenvalue weighted by molar-refractivity contribution is 7.89. The third-order valence-electron chi connectivity index (χ3n) is 6.81. The Labute approximate surface area is 222 Å². The number of fused-ring (bicyclic) bond motifs is 1. The fourth-order valence-corrected chi connectivity index (χ4v) is 6.50. The van der Waals surface area contributed by atoms with Gasteiger partial charge in [-0.05, 0) is 69.5 Å². The zero-order chi connectivity index (χ0) is 27.2. The molecule has 1 amide bonds. The molecule has 38 heavy (non-hydrogen) atoms. The third kappa shape index (κ3) is 4.70. The molecule has 198 valence electrons. The van der Waals surface area contributed by atoms with Crippen LogP contribution in [0.4, 0.5) is 5.69 Å². The normalized spacial score (nSPS) is 14.7. The highest BCUT2D eigenvalue weighted by atomic mass is 32.2. The highest BCUT2D eigenvalue weighted by Gasteiger charge is 2.30. The minimum absolute atomic E-state index is 0.171. The van der Waals surface area contributed by atoms with E-state index < -0.39 is 15.9 Å². The van der Waals surface area contributed by atoms with Gasteiger partial charge in [0, 0.05) is 30.2 Å². The van der Waals surface area contributed by atoms with Crippen LogP contribution in [0.1, 0.15) is 38.6 Å². The molecule has 9 nitrogen and oxygen atoms in total. The van der Waals surface area contributed by atoms with Crippen molar-refractivity contribution in [2.75, 3.05) is 31.6 Å². The molecule has 1 aliphatic rings. The van der Waals surface area contributed by atoms with Crippen LogP contribution in [0.3, 0.4) is 0 Å². The summed E-state index contributed by atoms with van der Waals surface area (Å²) in [5, 5.41) is 7.63. The Morgan fingerprint density at radius 1 is 0.947 bits per heavy atom. The van der Waals surface area contributed by atoms with Gasteiger partial charge in [-0.2, -0.15) is 9.40 Å². The minimum atomic E-state index is -3.76. The Hall–Kier alpha value is -3.60. The fraction of sp³-hybridized carbons (Fsp3) is 0.321. The molecule has 10 heteroatoms. The van der Waals surface area contributed by atoms with E-state index in [1.54, 1.807) is 23.6 Å². The molecule has 0 aliphatic carbocycles. The van der Waals surface area contributed by atoms with Crippen molar-refractivity contribution in [2.24, 2.45) is 0 Å². The first-order valence-electron chi connectivity index (χ1n) is 12.5. The molecule has 1 N–H and O–H groups in total. The molecule has 5 rings (SSSR count). The van der Waals surface area contributed by atoms with Crippen LogP contribution in [-0.4, -0.2) is 59.5 Å². The second kappa shape index (κ2) is 9.94. The van der Waals surface area contributed by atoms with E-state index in [2.05, 4.69) is 10.4 Å². The molecule has 2 aromatic heterocycles. The SMILES string of the molecule is Cc1ccc(NC(=O)c2nn3c(C)cc(C)nc3c2-c2ccc(C)c(S(=O)(=O)N3CCOCC3)c2)c(C)c1. The molecule has 0 spiro atoms. The molecule has 3 heterocycles. The van der Waals surface area contributed by atoms with Crippen LogP contribution in [0.15, 0.2) is 47.4 Å². The molecule has 0 atom stereocenters. The molecule has 1 saturated heterocycles. The van der Waals surface area contributed by atoms with E-state index in [0.717, 1.165) is 22.5 Å². The highest BCUT2D eigenvalue weighted by Crippen LogP contribution is 2.33. The first-order chi connectivity index (χ1) is 18.1. The van der Waals surface area contributed by atoms with Crippen LogP contribution in [0.2, 0.25) is 0 Å². The van der Waals surface area contributed by atoms with Gasteiger partial charge in [0.15, 0.2) is 11.3 Å². The predicted octanol–water partition coefficient (Wildman–Crippen LogP) is 4.21. The van der Waals surface area contributed by atoms with E-state index in [1.165, 1.54) is 4.31 Å². The summed E-state index contributed by atoms with van der Waals surface area (Å²) in [6, 6.07) is 12.9. The average Bonchev–Trinajstić information content (AvgIpc) is 3.26. The zero-order valence-electron chi connectivity index (χ0n) is 22.2. The second-order valence-electron chi connectivity index (χ2n) is 9.77. The molecule has 0 bridgehead atoms. The number of rotatable bonds is 5. The molecular weight excluding hydrogens is 502 g/mol. The topological polar surface area (TPSA) is 106 Å². The van der Waals surface area contributed by atoms with E-state index in [-0.39, 0.29) is 10.6 Å². The van der Waals surface area contributed by atoms with Gasteiger partial charge >= 0.3 is 0 Å². The van der Waals surface area contributed by atoms with Gasteiger partial charge in [-0.3, -0.25) is 4.79 Å². The van der Waals surface area contributed by atoms with Crippen molar-refractivity contribution in [1.82, 2.24) is 18.9 Å². The summed E-state index contributed by atoms with van der Waals surface area (Å²) in [6.45, 7) is 10.8. The number of morpholine rings is 1. The van der Waals surface area contributed by atoms with E-state index >= 15 is 0 Å². The summed E-state index contributed by atoms with van der Waals surface area (Å²) < 4.78 is 35.6. The van der Waals surface area contributed by atoms with Crippen LogP contribution in [0.25, 0.3) is 16.8 Å². The maximum Gasteiger partial charge on any atom is 0.276 e. The summed E-state index contributed by atoms with van der Waals surface area (Å²) in [4.78, 5) is 18.5. The Morgan fingerprint density at radius 2 is 1.68 bits per heavy atom. The molecule has 2 aromatic carbocycles. The lowest BCUT2D eigenvalue weighted by Gasteiger charge is -2.26. The summed E-state index contributed by atoms with van der Waals surface area (Å²) in [6.07, 6.45) is 0. The van der Waals surface area contributed by atoms with Gasteiger partial charge in [0.25, 0.3) is 5.91 Å². The van der Waals surface area contributed by atoms with E-state index in [0.29, 0.717) is 54.3 Å². The third-order valence-corrected chi connectivity index (χ3v) is 8.85. The number of carbonyl (C=O) groups is 1. The average molecular weight is 534 g/mol. The lowest BCUT2D eigenvalue weighted by atomic mass is 10.0. The van der Waals surface area contributed by atoms with Gasteiger partial charge in [-0.25, -0.2) is 17.9 Å². The molecule has 1 aliphatic heterocycles. The van der Waals surface area contributed by atoms with Gasteiger partial charge in [0.05, 0.1) is 23.7 Å². The smallest absolute Gasteiger partial charge is 0.276 e. The van der Waals surface area contributed by atoms with Crippen LogP contribution in [0.5, 0.6) is 0 Å². The van der Waals surface area contributed by atoms with Crippen LogP contribution in [-0.2, 0) is 14.8 Å². The maximum absolute atomic E-state index is 13.7. The van der Waals surface area contributed by atoms with Crippen molar-refractivity contribution in [3.63, 3.8) is 0 Å². The summed E-state index contributed by atoms with van der Waals surface area (Å²) in [7, 11) is -3.76. The van der Waals surface area contributed by atoms with Crippen LogP contribution < -0.4 is 5.32 Å². The number of ether oxygens (including phenoxy) is 1. The van der Waals surface area contributed by atoms with Crippen molar-refractivity contribution in [1.29, 1.82) is 0 Å². The molecule has 1 fully saturated rings. The number of aryl methyl sites for hydroxylation is 5. The predicted molar refractivity (Wildman–Crippen MR) is 146 cm³/mol. The van der Waals surface area contributed by atoms with E-state index in [4.69, 9.17) is 9.72 Å². The number of carbonyl (C=O) groups excluding carboxylic acids is 1. The number of sulfonamides is 1. The number of aromatic nitrogens is 3. The molecular formula is C28H31N5O4S. The number of anilines is 1. The van der Waals surface area contributed by atoms with Gasteiger partial charge in [-0.1, -0.05) is 29.8 Å². The Balaban J connectivity index is 1.67. The van der Waals surface area contributed by atoms with Gasteiger partial charge in [0.1, 0.15) is 0 Å². The van der Waals surface area contributed by atoms with Crippen molar-refractivity contribution in [2.45, 2.75) is 39.5 Å². The van der Waals surface area contributed by atoms with Crippen molar-refractivity contribution >= 4 is 27.3 Å². The summed E-state index contributed by atoms with van der Waals surface area (Å²) in [5.74, 6) is -0.396. The zero-order valence-corrected chi connectivity index (χ0v) is 23.0. The Bertz CT molecular complexity index is 1670. The lowest BCUT2D eigenvalue weighted by molar-refractivity contribution is 0.0730. The largest absolute Gasteiger partial charge is 0.379 e. The lowest BCUT2D eigenvalue weighted by Crippen LogP contribution is -2.40. The Kier molecular flexibility index (Phi) is 6.81. The maximum atomic E-state index is 13.7. The number of nitrogens with one attached hydrogen (secondary N) is 1. The first-order valence-corrected chi connectivity index (χ1v) is 13.9. The van der Waals surface area contributed by atoms with Gasteiger partial charge in [-0.15, -0.1) is 0 Å². The van der Waals surface area contributed by atoms with E-state index in [9.17, 15) is 13.2 Å². The van der Waals surface area contributed by atoms with Crippen molar-refractivity contribution < 1.29 is 17.9 Å². The van der Waals surface area contributed by atoms with Crippen LogP contribution in [0, 0.1) is 34.6 Å². The monoisotopic (exact) mass is 533 g/mol. The first kappa shape index (κ1) is 26.0.